The standard InChI is InChI=1S/C15H16O2S.C5H9NO3.C2H6/c1-10(15(16)18-3)11-4-5-13-9-14(17-2)7-6-12(13)8-11;1-4(7)6-3-5(8)9-2;1-2/h4-10H,1-3H3;3H2,1-2H3,(H,6,7);1-2H3. The summed E-state index contributed by atoms with van der Waals surface area (Å²) >= 11 is 1.28. The van der Waals surface area contributed by atoms with Gasteiger partial charge in [-0.3, -0.25) is 14.4 Å². The summed E-state index contributed by atoms with van der Waals surface area (Å²) in [5.74, 6) is 0.112. The Morgan fingerprint density at radius 1 is 1.03 bits per heavy atom. The molecule has 29 heavy (non-hydrogen) atoms. The third-order valence-electron chi connectivity index (χ3n) is 3.84. The summed E-state index contributed by atoms with van der Waals surface area (Å²) in [6.07, 6.45) is 1.82. The Kier molecular flexibility index (Phi) is 13.2. The van der Waals surface area contributed by atoms with Crippen molar-refractivity contribution in [2.45, 2.75) is 33.6 Å². The summed E-state index contributed by atoms with van der Waals surface area (Å²) < 4.78 is 9.45. The highest BCUT2D eigenvalue weighted by atomic mass is 32.2. The summed E-state index contributed by atoms with van der Waals surface area (Å²) in [4.78, 5) is 32.1. The SMILES string of the molecule is CC.COC(=O)CNC(C)=O.COc1ccc2cc(C(C)C(=O)SC)ccc2c1. The minimum Gasteiger partial charge on any atom is -0.497 e. The summed E-state index contributed by atoms with van der Waals surface area (Å²) in [6.45, 7) is 7.23. The van der Waals surface area contributed by atoms with Crippen molar-refractivity contribution in [3.63, 3.8) is 0 Å². The second-order valence-corrected chi connectivity index (χ2v) is 6.51. The Bertz CT molecular complexity index is 807. The molecule has 0 aliphatic rings. The summed E-state index contributed by atoms with van der Waals surface area (Å²) in [6, 6.07) is 12.1. The van der Waals surface area contributed by atoms with E-state index in [1.807, 2.05) is 57.4 Å². The molecule has 1 amide bonds. The fourth-order valence-electron chi connectivity index (χ4n) is 2.22. The maximum absolute atomic E-state index is 11.7. The van der Waals surface area contributed by atoms with Crippen molar-refractivity contribution in [2.24, 2.45) is 0 Å². The van der Waals surface area contributed by atoms with Gasteiger partial charge in [0.15, 0.2) is 5.12 Å². The lowest BCUT2D eigenvalue weighted by atomic mass is 9.99. The Morgan fingerprint density at radius 3 is 2.14 bits per heavy atom. The number of thioether (sulfide) groups is 1. The van der Waals surface area contributed by atoms with Crippen molar-refractivity contribution >= 4 is 39.5 Å². The Hall–Kier alpha value is -2.54. The van der Waals surface area contributed by atoms with Crippen LogP contribution in [-0.2, 0) is 19.1 Å². The molecule has 2 rings (SSSR count). The van der Waals surface area contributed by atoms with Gasteiger partial charge in [0.05, 0.1) is 20.1 Å². The van der Waals surface area contributed by atoms with Crippen LogP contribution in [0.1, 0.15) is 39.2 Å². The number of methoxy groups -OCH3 is 2. The van der Waals surface area contributed by atoms with Crippen LogP contribution in [0, 0.1) is 0 Å². The van der Waals surface area contributed by atoms with Crippen LogP contribution in [-0.4, -0.2) is 44.0 Å². The third-order valence-corrected chi connectivity index (χ3v) is 4.59. The quantitative estimate of drug-likeness (QED) is 0.730. The normalized spacial score (nSPS) is 10.4. The van der Waals surface area contributed by atoms with Gasteiger partial charge in [0.2, 0.25) is 5.91 Å². The Labute approximate surface area is 177 Å². The number of hydrogen-bond acceptors (Lipinski definition) is 6. The van der Waals surface area contributed by atoms with Gasteiger partial charge in [-0.1, -0.05) is 56.8 Å². The number of carbonyl (C=O) groups is 3. The van der Waals surface area contributed by atoms with Gasteiger partial charge in [0.1, 0.15) is 12.3 Å². The third kappa shape index (κ3) is 9.47. The maximum Gasteiger partial charge on any atom is 0.325 e. The lowest BCUT2D eigenvalue weighted by Gasteiger charge is -2.10. The molecule has 0 saturated heterocycles. The highest BCUT2D eigenvalue weighted by molar-refractivity contribution is 8.13. The molecule has 7 heteroatoms. The minimum absolute atomic E-state index is 0.0498. The number of ether oxygens (including phenoxy) is 2. The van der Waals surface area contributed by atoms with E-state index in [2.05, 4.69) is 16.1 Å². The van der Waals surface area contributed by atoms with Crippen LogP contribution in [0.5, 0.6) is 5.75 Å². The van der Waals surface area contributed by atoms with Crippen molar-refractivity contribution < 1.29 is 23.9 Å². The van der Waals surface area contributed by atoms with E-state index in [0.717, 1.165) is 22.1 Å². The average Bonchev–Trinajstić information content (AvgIpc) is 2.77. The highest BCUT2D eigenvalue weighted by Crippen LogP contribution is 2.27. The molecule has 2 aromatic carbocycles. The van der Waals surface area contributed by atoms with Crippen LogP contribution < -0.4 is 10.1 Å². The molecule has 0 fully saturated rings. The van der Waals surface area contributed by atoms with E-state index in [1.165, 1.54) is 25.8 Å². The lowest BCUT2D eigenvalue weighted by molar-refractivity contribution is -0.140. The van der Waals surface area contributed by atoms with E-state index in [-0.39, 0.29) is 23.5 Å². The first kappa shape index (κ1) is 26.5. The van der Waals surface area contributed by atoms with E-state index < -0.39 is 5.97 Å². The predicted molar refractivity (Wildman–Crippen MR) is 119 cm³/mol. The Morgan fingerprint density at radius 2 is 1.62 bits per heavy atom. The van der Waals surface area contributed by atoms with Crippen LogP contribution in [0.15, 0.2) is 36.4 Å². The summed E-state index contributed by atoms with van der Waals surface area (Å²) in [5, 5.41) is 4.74. The maximum atomic E-state index is 11.7. The smallest absolute Gasteiger partial charge is 0.325 e. The van der Waals surface area contributed by atoms with Gasteiger partial charge in [-0.05, 0) is 34.7 Å². The van der Waals surface area contributed by atoms with Crippen molar-refractivity contribution in [2.75, 3.05) is 27.0 Å². The van der Waals surface area contributed by atoms with Crippen LogP contribution in [0.2, 0.25) is 0 Å². The second-order valence-electron chi connectivity index (χ2n) is 5.70. The fourth-order valence-corrected chi connectivity index (χ4v) is 2.71. The van der Waals surface area contributed by atoms with Crippen molar-refractivity contribution in [1.82, 2.24) is 5.32 Å². The van der Waals surface area contributed by atoms with Gasteiger partial charge in [0, 0.05) is 6.92 Å². The first-order valence-electron chi connectivity index (χ1n) is 9.29. The molecule has 0 spiro atoms. The second kappa shape index (κ2) is 14.5. The number of hydrogen-bond donors (Lipinski definition) is 1. The van der Waals surface area contributed by atoms with Crippen molar-refractivity contribution in [1.29, 1.82) is 0 Å². The van der Waals surface area contributed by atoms with Gasteiger partial charge >= 0.3 is 5.97 Å². The molecule has 160 valence electrons. The molecule has 2 aromatic rings. The van der Waals surface area contributed by atoms with E-state index in [9.17, 15) is 14.4 Å². The van der Waals surface area contributed by atoms with E-state index >= 15 is 0 Å². The number of rotatable bonds is 5. The number of nitrogens with one attached hydrogen (secondary N) is 1. The monoisotopic (exact) mass is 421 g/mol. The molecule has 0 saturated carbocycles. The molecule has 0 bridgehead atoms. The minimum atomic E-state index is -0.440. The summed E-state index contributed by atoms with van der Waals surface area (Å²) in [5.41, 5.74) is 1.06. The van der Waals surface area contributed by atoms with Gasteiger partial charge in [-0.25, -0.2) is 0 Å². The van der Waals surface area contributed by atoms with Gasteiger partial charge in [0.25, 0.3) is 0 Å². The fraction of sp³-hybridized carbons (Fsp3) is 0.409. The average molecular weight is 422 g/mol. The number of amides is 1. The first-order valence-corrected chi connectivity index (χ1v) is 10.5. The first-order chi connectivity index (χ1) is 13.8. The molecule has 0 aliphatic carbocycles. The van der Waals surface area contributed by atoms with Gasteiger partial charge < -0.3 is 14.8 Å². The Balaban J connectivity index is 0.000000606. The zero-order valence-electron chi connectivity index (χ0n) is 18.2. The highest BCUT2D eigenvalue weighted by Gasteiger charge is 2.14. The topological polar surface area (TPSA) is 81.7 Å². The molecule has 1 unspecified atom stereocenters. The molecule has 0 aliphatic heterocycles. The van der Waals surface area contributed by atoms with Crippen LogP contribution >= 0.6 is 11.8 Å². The molecule has 0 heterocycles. The molecule has 1 N–H and O–H groups in total. The largest absolute Gasteiger partial charge is 0.497 e. The lowest BCUT2D eigenvalue weighted by Crippen LogP contribution is -2.27. The molecule has 6 nitrogen and oxygen atoms in total. The van der Waals surface area contributed by atoms with Crippen LogP contribution in [0.3, 0.4) is 0 Å². The van der Waals surface area contributed by atoms with Crippen molar-refractivity contribution in [3.05, 3.63) is 42.0 Å². The molecule has 1 atom stereocenters. The molecule has 0 aromatic heterocycles. The zero-order chi connectivity index (χ0) is 22.4. The number of esters is 1. The number of carbonyl (C=O) groups excluding carboxylic acids is 3. The van der Waals surface area contributed by atoms with E-state index in [1.54, 1.807) is 7.11 Å². The molecular weight excluding hydrogens is 390 g/mol. The van der Waals surface area contributed by atoms with E-state index in [4.69, 9.17) is 4.74 Å². The van der Waals surface area contributed by atoms with Crippen molar-refractivity contribution in [3.8, 4) is 5.75 Å². The molecule has 0 radical (unpaired) electrons. The number of benzene rings is 2. The summed E-state index contributed by atoms with van der Waals surface area (Å²) in [7, 11) is 2.93. The number of fused-ring (bicyclic) bond motifs is 1. The zero-order valence-corrected chi connectivity index (χ0v) is 19.0. The molecular formula is C22H31NO5S. The van der Waals surface area contributed by atoms with Crippen LogP contribution in [0.4, 0.5) is 0 Å². The van der Waals surface area contributed by atoms with Gasteiger partial charge in [-0.15, -0.1) is 0 Å². The van der Waals surface area contributed by atoms with E-state index in [0.29, 0.717) is 0 Å². The van der Waals surface area contributed by atoms with Crippen LogP contribution in [0.25, 0.3) is 10.8 Å². The van der Waals surface area contributed by atoms with Gasteiger partial charge in [-0.2, -0.15) is 0 Å². The predicted octanol–water partition coefficient (Wildman–Crippen LogP) is 4.16.